The molecule has 2 N–H and O–H groups in total. The maximum Gasteiger partial charge on any atom is 0.237 e. The van der Waals surface area contributed by atoms with E-state index in [0.717, 1.165) is 6.42 Å². The van der Waals surface area contributed by atoms with Crippen LogP contribution in [0.2, 0.25) is 0 Å². The Labute approximate surface area is 108 Å². The largest absolute Gasteiger partial charge is 0.352 e. The minimum atomic E-state index is -0.168. The molecule has 17 heavy (non-hydrogen) atoms. The van der Waals surface area contributed by atoms with Crippen LogP contribution in [0, 0.1) is 0 Å². The summed E-state index contributed by atoms with van der Waals surface area (Å²) in [6.45, 7) is 8.07. The summed E-state index contributed by atoms with van der Waals surface area (Å²) in [5.41, 5.74) is 1.23. The number of carbonyl (C=O) groups excluding carboxylic acids is 1. The Morgan fingerprint density at radius 1 is 1.41 bits per heavy atom. The van der Waals surface area contributed by atoms with E-state index < -0.39 is 0 Å². The van der Waals surface area contributed by atoms with Gasteiger partial charge in [-0.15, -0.1) is 0 Å². The fraction of sp³-hybridized carbons (Fsp3) is 0.615. The van der Waals surface area contributed by atoms with Gasteiger partial charge in [0.1, 0.15) is 0 Å². The SMILES string of the molecule is CCC(C)NC(=O)C(C)NC(C)c1ccsc1. The quantitative estimate of drug-likeness (QED) is 0.819. The molecule has 0 aliphatic rings. The number of carbonyl (C=O) groups is 1. The maximum absolute atomic E-state index is 11.8. The lowest BCUT2D eigenvalue weighted by Gasteiger charge is -2.21. The lowest BCUT2D eigenvalue weighted by atomic mass is 10.1. The molecule has 0 aliphatic heterocycles. The van der Waals surface area contributed by atoms with E-state index in [1.165, 1.54) is 5.56 Å². The molecule has 4 heteroatoms. The summed E-state index contributed by atoms with van der Waals surface area (Å²) in [7, 11) is 0. The van der Waals surface area contributed by atoms with E-state index in [-0.39, 0.29) is 24.0 Å². The molecule has 0 saturated heterocycles. The van der Waals surface area contributed by atoms with Gasteiger partial charge in [-0.1, -0.05) is 6.92 Å². The number of hydrogen-bond acceptors (Lipinski definition) is 3. The number of rotatable bonds is 6. The molecule has 1 heterocycles. The molecule has 3 atom stereocenters. The van der Waals surface area contributed by atoms with Gasteiger partial charge in [0.05, 0.1) is 6.04 Å². The Bertz CT molecular complexity index is 337. The van der Waals surface area contributed by atoms with Crippen LogP contribution >= 0.6 is 11.3 Å². The van der Waals surface area contributed by atoms with Crippen LogP contribution in [-0.2, 0) is 4.79 Å². The van der Waals surface area contributed by atoms with Crippen LogP contribution in [-0.4, -0.2) is 18.0 Å². The smallest absolute Gasteiger partial charge is 0.237 e. The fourth-order valence-corrected chi connectivity index (χ4v) is 2.29. The fourth-order valence-electron chi connectivity index (χ4n) is 1.54. The van der Waals surface area contributed by atoms with Gasteiger partial charge in [-0.25, -0.2) is 0 Å². The summed E-state index contributed by atoms with van der Waals surface area (Å²) in [6.07, 6.45) is 0.957. The van der Waals surface area contributed by atoms with Crippen LogP contribution in [0.4, 0.5) is 0 Å². The Morgan fingerprint density at radius 3 is 2.65 bits per heavy atom. The molecule has 1 aromatic rings. The van der Waals surface area contributed by atoms with Gasteiger partial charge >= 0.3 is 0 Å². The van der Waals surface area contributed by atoms with Crippen LogP contribution in [0.25, 0.3) is 0 Å². The number of thiophene rings is 1. The molecule has 0 aliphatic carbocycles. The third kappa shape index (κ3) is 4.48. The zero-order valence-corrected chi connectivity index (χ0v) is 11.8. The first kappa shape index (κ1) is 14.2. The molecule has 0 aromatic carbocycles. The van der Waals surface area contributed by atoms with Gasteiger partial charge in [-0.3, -0.25) is 10.1 Å². The first-order valence-electron chi connectivity index (χ1n) is 6.13. The van der Waals surface area contributed by atoms with Crippen molar-refractivity contribution >= 4 is 17.2 Å². The lowest BCUT2D eigenvalue weighted by molar-refractivity contribution is -0.123. The number of amides is 1. The summed E-state index contributed by atoms with van der Waals surface area (Å²) in [5.74, 6) is 0.0708. The first-order valence-corrected chi connectivity index (χ1v) is 7.07. The standard InChI is InChI=1S/C13H22N2OS/c1-5-9(2)14-13(16)11(4)15-10(3)12-6-7-17-8-12/h6-11,15H,5H2,1-4H3,(H,14,16). The van der Waals surface area contributed by atoms with E-state index >= 15 is 0 Å². The van der Waals surface area contributed by atoms with Crippen LogP contribution in [0.1, 0.15) is 45.7 Å². The summed E-state index contributed by atoms with van der Waals surface area (Å²) in [6, 6.07) is 2.36. The van der Waals surface area contributed by atoms with Crippen LogP contribution < -0.4 is 10.6 Å². The van der Waals surface area contributed by atoms with Crippen LogP contribution in [0.15, 0.2) is 16.8 Å². The average Bonchev–Trinajstić information content (AvgIpc) is 2.82. The van der Waals surface area contributed by atoms with Crippen molar-refractivity contribution < 1.29 is 4.79 Å². The molecule has 0 bridgehead atoms. The summed E-state index contributed by atoms with van der Waals surface area (Å²) >= 11 is 1.68. The number of hydrogen-bond donors (Lipinski definition) is 2. The van der Waals surface area contributed by atoms with Crippen molar-refractivity contribution in [2.24, 2.45) is 0 Å². The zero-order valence-electron chi connectivity index (χ0n) is 11.0. The molecular formula is C13H22N2OS. The second-order valence-electron chi connectivity index (χ2n) is 4.48. The average molecular weight is 254 g/mol. The molecule has 0 saturated carbocycles. The van der Waals surface area contributed by atoms with Crippen LogP contribution in [0.3, 0.4) is 0 Å². The monoisotopic (exact) mass is 254 g/mol. The lowest BCUT2D eigenvalue weighted by Crippen LogP contribution is -2.45. The Hall–Kier alpha value is -0.870. The molecule has 3 unspecified atom stereocenters. The predicted octanol–water partition coefficient (Wildman–Crippen LogP) is 2.70. The molecule has 3 nitrogen and oxygen atoms in total. The van der Waals surface area contributed by atoms with Crippen molar-refractivity contribution in [3.63, 3.8) is 0 Å². The molecular weight excluding hydrogens is 232 g/mol. The van der Waals surface area contributed by atoms with E-state index in [1.807, 2.05) is 13.8 Å². The molecule has 0 spiro atoms. The summed E-state index contributed by atoms with van der Waals surface area (Å²) in [4.78, 5) is 11.8. The third-order valence-electron chi connectivity index (χ3n) is 2.94. The molecule has 0 fully saturated rings. The third-order valence-corrected chi connectivity index (χ3v) is 3.64. The molecule has 1 aromatic heterocycles. The van der Waals surface area contributed by atoms with Crippen molar-refractivity contribution in [3.05, 3.63) is 22.4 Å². The minimum Gasteiger partial charge on any atom is -0.352 e. The zero-order chi connectivity index (χ0) is 12.8. The van der Waals surface area contributed by atoms with Crippen molar-refractivity contribution in [1.82, 2.24) is 10.6 Å². The predicted molar refractivity (Wildman–Crippen MR) is 73.2 cm³/mol. The summed E-state index contributed by atoms with van der Waals surface area (Å²) < 4.78 is 0. The first-order chi connectivity index (χ1) is 8.04. The Morgan fingerprint density at radius 2 is 2.12 bits per heavy atom. The minimum absolute atomic E-state index is 0.0708. The van der Waals surface area contributed by atoms with Gasteiger partial charge in [-0.05, 0) is 49.6 Å². The summed E-state index contributed by atoms with van der Waals surface area (Å²) in [5, 5.41) is 10.4. The van der Waals surface area contributed by atoms with Crippen molar-refractivity contribution in [2.45, 2.75) is 52.2 Å². The van der Waals surface area contributed by atoms with E-state index in [4.69, 9.17) is 0 Å². The normalized spacial score (nSPS) is 16.2. The van der Waals surface area contributed by atoms with Crippen molar-refractivity contribution in [1.29, 1.82) is 0 Å². The van der Waals surface area contributed by atoms with Gasteiger partial charge in [0.15, 0.2) is 0 Å². The van der Waals surface area contributed by atoms with Crippen LogP contribution in [0.5, 0.6) is 0 Å². The van der Waals surface area contributed by atoms with Crippen molar-refractivity contribution in [3.8, 4) is 0 Å². The maximum atomic E-state index is 11.8. The highest BCUT2D eigenvalue weighted by atomic mass is 32.1. The highest BCUT2D eigenvalue weighted by molar-refractivity contribution is 7.07. The Balaban J connectivity index is 2.43. The second kappa shape index (κ2) is 6.77. The van der Waals surface area contributed by atoms with E-state index in [0.29, 0.717) is 0 Å². The van der Waals surface area contributed by atoms with Crippen molar-refractivity contribution in [2.75, 3.05) is 0 Å². The van der Waals surface area contributed by atoms with E-state index in [9.17, 15) is 4.79 Å². The highest BCUT2D eigenvalue weighted by Crippen LogP contribution is 2.16. The highest BCUT2D eigenvalue weighted by Gasteiger charge is 2.17. The molecule has 0 radical (unpaired) electrons. The topological polar surface area (TPSA) is 41.1 Å². The Kier molecular flexibility index (Phi) is 5.65. The van der Waals surface area contributed by atoms with Gasteiger partial charge < -0.3 is 5.32 Å². The van der Waals surface area contributed by atoms with E-state index in [2.05, 4.69) is 41.3 Å². The van der Waals surface area contributed by atoms with Gasteiger partial charge in [0.25, 0.3) is 0 Å². The second-order valence-corrected chi connectivity index (χ2v) is 5.26. The van der Waals surface area contributed by atoms with Gasteiger partial charge in [0.2, 0.25) is 5.91 Å². The van der Waals surface area contributed by atoms with Gasteiger partial charge in [0, 0.05) is 12.1 Å². The molecule has 96 valence electrons. The van der Waals surface area contributed by atoms with Gasteiger partial charge in [-0.2, -0.15) is 11.3 Å². The molecule has 1 rings (SSSR count). The molecule has 1 amide bonds. The number of nitrogens with one attached hydrogen (secondary N) is 2. The van der Waals surface area contributed by atoms with E-state index in [1.54, 1.807) is 11.3 Å².